The highest BCUT2D eigenvalue weighted by molar-refractivity contribution is 7.12. The lowest BCUT2D eigenvalue weighted by molar-refractivity contribution is -0.905. The summed E-state index contributed by atoms with van der Waals surface area (Å²) in [5.41, 5.74) is 1.22. The molecule has 0 unspecified atom stereocenters. The zero-order chi connectivity index (χ0) is 18.4. The molecule has 2 aromatic rings. The summed E-state index contributed by atoms with van der Waals surface area (Å²) in [5.74, 6) is -0.218. The molecule has 2 amide bonds. The number of carbonyl (C=O) groups excluding carboxylic acids is 2. The summed E-state index contributed by atoms with van der Waals surface area (Å²) in [5, 5.41) is 7.86. The van der Waals surface area contributed by atoms with Crippen LogP contribution in [-0.4, -0.2) is 37.5 Å². The van der Waals surface area contributed by atoms with Crippen molar-refractivity contribution in [1.82, 2.24) is 5.32 Å². The summed E-state index contributed by atoms with van der Waals surface area (Å²) in [6, 6.07) is 11.0. The number of thiophene rings is 1. The molecule has 26 heavy (non-hydrogen) atoms. The molecule has 0 spiro atoms. The second-order valence-corrected chi connectivity index (χ2v) is 7.71. The first-order valence-corrected chi connectivity index (χ1v) is 10.1. The van der Waals surface area contributed by atoms with Crippen molar-refractivity contribution < 1.29 is 14.5 Å². The Kier molecular flexibility index (Phi) is 6.41. The number of amides is 2. The predicted molar refractivity (Wildman–Crippen MR) is 105 cm³/mol. The second-order valence-electron chi connectivity index (χ2n) is 6.76. The molecule has 3 N–H and O–H groups in total. The summed E-state index contributed by atoms with van der Waals surface area (Å²) < 4.78 is 0. The van der Waals surface area contributed by atoms with E-state index < -0.39 is 0 Å². The van der Waals surface area contributed by atoms with Crippen LogP contribution >= 0.6 is 11.3 Å². The van der Waals surface area contributed by atoms with E-state index in [-0.39, 0.29) is 17.9 Å². The molecule has 1 saturated heterocycles. The van der Waals surface area contributed by atoms with Crippen LogP contribution in [0.4, 0.5) is 5.69 Å². The fraction of sp³-hybridized carbons (Fsp3) is 0.400. The van der Waals surface area contributed by atoms with Crippen LogP contribution in [-0.2, 0) is 0 Å². The first-order valence-electron chi connectivity index (χ1n) is 9.25. The Bertz CT molecular complexity index is 737. The van der Waals surface area contributed by atoms with Gasteiger partial charge in [0.25, 0.3) is 11.8 Å². The van der Waals surface area contributed by atoms with Gasteiger partial charge < -0.3 is 15.5 Å². The molecular weight excluding hydrogens is 346 g/mol. The Morgan fingerprint density at radius 3 is 2.65 bits per heavy atom. The smallest absolute Gasteiger partial charge is 0.265 e. The third-order valence-corrected chi connectivity index (χ3v) is 5.63. The largest absolute Gasteiger partial charge is 0.349 e. The number of hydrogen-bond donors (Lipinski definition) is 3. The fourth-order valence-electron chi connectivity index (χ4n) is 3.38. The number of quaternary nitrogens is 1. The second kappa shape index (κ2) is 8.96. The highest BCUT2D eigenvalue weighted by Crippen LogP contribution is 2.15. The van der Waals surface area contributed by atoms with Gasteiger partial charge in [0.05, 0.1) is 24.5 Å². The van der Waals surface area contributed by atoms with E-state index in [4.69, 9.17) is 0 Å². The summed E-state index contributed by atoms with van der Waals surface area (Å²) in [6.07, 6.45) is 3.25. The minimum atomic E-state index is -0.149. The van der Waals surface area contributed by atoms with E-state index in [0.29, 0.717) is 16.1 Å². The molecule has 3 rings (SSSR count). The van der Waals surface area contributed by atoms with Gasteiger partial charge in [0, 0.05) is 30.1 Å². The summed E-state index contributed by atoms with van der Waals surface area (Å²) in [6.45, 7) is 5.67. The number of nitrogens with one attached hydrogen (secondary N) is 3. The van der Waals surface area contributed by atoms with Crippen LogP contribution in [0, 0.1) is 0 Å². The van der Waals surface area contributed by atoms with Crippen LogP contribution in [0.3, 0.4) is 0 Å². The van der Waals surface area contributed by atoms with Crippen molar-refractivity contribution in [3.63, 3.8) is 0 Å². The number of rotatable bonds is 6. The first-order chi connectivity index (χ1) is 12.7. The molecule has 1 aliphatic heterocycles. The van der Waals surface area contributed by atoms with E-state index >= 15 is 0 Å². The van der Waals surface area contributed by atoms with E-state index in [1.807, 2.05) is 11.4 Å². The Balaban J connectivity index is 1.56. The third-order valence-electron chi connectivity index (χ3n) is 4.76. The molecule has 0 saturated carbocycles. The molecule has 0 radical (unpaired) electrons. The number of carbonyl (C=O) groups is 2. The first kappa shape index (κ1) is 18.6. The number of piperidine rings is 1. The summed E-state index contributed by atoms with van der Waals surface area (Å²) in [4.78, 5) is 27.0. The zero-order valence-corrected chi connectivity index (χ0v) is 15.9. The summed E-state index contributed by atoms with van der Waals surface area (Å²) >= 11 is 1.39. The Hall–Kier alpha value is -2.18. The number of benzene rings is 1. The summed E-state index contributed by atoms with van der Waals surface area (Å²) in [7, 11) is 0. The van der Waals surface area contributed by atoms with Crippen molar-refractivity contribution in [2.24, 2.45) is 0 Å². The Morgan fingerprint density at radius 2 is 1.96 bits per heavy atom. The van der Waals surface area contributed by atoms with Crippen LogP contribution < -0.4 is 15.5 Å². The molecule has 0 atom stereocenters. The van der Waals surface area contributed by atoms with Gasteiger partial charge in [0.2, 0.25) is 0 Å². The average Bonchev–Trinajstić information content (AvgIpc) is 3.19. The van der Waals surface area contributed by atoms with Crippen molar-refractivity contribution in [3.05, 3.63) is 52.2 Å². The normalized spacial score (nSPS) is 19.7. The van der Waals surface area contributed by atoms with Crippen LogP contribution in [0.2, 0.25) is 0 Å². The van der Waals surface area contributed by atoms with Gasteiger partial charge in [-0.3, -0.25) is 9.59 Å². The number of likely N-dealkylation sites (tertiary alicyclic amines) is 1. The SMILES string of the molecule is CCC[NH+]1CCC(NC(=O)c2cccc(NC(=O)c3cccs3)c2)CC1. The number of anilines is 1. The van der Waals surface area contributed by atoms with Gasteiger partial charge in [0.15, 0.2) is 0 Å². The average molecular weight is 373 g/mol. The van der Waals surface area contributed by atoms with Gasteiger partial charge in [-0.2, -0.15) is 0 Å². The van der Waals surface area contributed by atoms with Crippen LogP contribution in [0.1, 0.15) is 46.2 Å². The monoisotopic (exact) mass is 372 g/mol. The van der Waals surface area contributed by atoms with Gasteiger partial charge in [-0.15, -0.1) is 11.3 Å². The van der Waals surface area contributed by atoms with Gasteiger partial charge >= 0.3 is 0 Å². The van der Waals surface area contributed by atoms with Crippen molar-refractivity contribution in [2.45, 2.75) is 32.2 Å². The van der Waals surface area contributed by atoms with Gasteiger partial charge in [-0.1, -0.05) is 19.1 Å². The lowest BCUT2D eigenvalue weighted by atomic mass is 10.0. The molecule has 6 heteroatoms. The Morgan fingerprint density at radius 1 is 1.15 bits per heavy atom. The molecule has 1 aliphatic rings. The molecule has 0 bridgehead atoms. The van der Waals surface area contributed by atoms with E-state index in [9.17, 15) is 9.59 Å². The van der Waals surface area contributed by atoms with E-state index in [1.54, 1.807) is 35.2 Å². The Labute approximate surface area is 158 Å². The zero-order valence-electron chi connectivity index (χ0n) is 15.1. The van der Waals surface area contributed by atoms with Crippen LogP contribution in [0.15, 0.2) is 41.8 Å². The minimum Gasteiger partial charge on any atom is -0.349 e. The lowest BCUT2D eigenvalue weighted by Gasteiger charge is -2.29. The van der Waals surface area contributed by atoms with E-state index in [2.05, 4.69) is 17.6 Å². The standard InChI is InChI=1S/C20H25N3O2S/c1-2-10-23-11-8-16(9-12-23)21-19(24)15-5-3-6-17(14-15)22-20(25)18-7-4-13-26-18/h3-7,13-14,16H,2,8-12H2,1H3,(H,21,24)(H,22,25)/p+1. The number of hydrogen-bond acceptors (Lipinski definition) is 3. The van der Waals surface area contributed by atoms with Crippen LogP contribution in [0.5, 0.6) is 0 Å². The van der Waals surface area contributed by atoms with Gasteiger partial charge in [-0.25, -0.2) is 0 Å². The highest BCUT2D eigenvalue weighted by atomic mass is 32.1. The minimum absolute atomic E-state index is 0.0684. The molecule has 1 aromatic heterocycles. The molecular formula is C20H26N3O2S+. The topological polar surface area (TPSA) is 62.6 Å². The van der Waals surface area contributed by atoms with Crippen molar-refractivity contribution in [2.75, 3.05) is 25.0 Å². The molecule has 1 aromatic carbocycles. The van der Waals surface area contributed by atoms with E-state index in [1.165, 1.54) is 24.3 Å². The maximum absolute atomic E-state index is 12.6. The molecule has 5 nitrogen and oxygen atoms in total. The van der Waals surface area contributed by atoms with Crippen molar-refractivity contribution >= 4 is 28.8 Å². The van der Waals surface area contributed by atoms with Gasteiger partial charge in [0.1, 0.15) is 0 Å². The maximum atomic E-state index is 12.6. The van der Waals surface area contributed by atoms with Crippen LogP contribution in [0.25, 0.3) is 0 Å². The highest BCUT2D eigenvalue weighted by Gasteiger charge is 2.23. The van der Waals surface area contributed by atoms with E-state index in [0.717, 1.165) is 25.9 Å². The quantitative estimate of drug-likeness (QED) is 0.728. The van der Waals surface area contributed by atoms with Crippen molar-refractivity contribution in [3.8, 4) is 0 Å². The maximum Gasteiger partial charge on any atom is 0.265 e. The molecule has 0 aliphatic carbocycles. The molecule has 2 heterocycles. The lowest BCUT2D eigenvalue weighted by Crippen LogP contribution is -3.13. The third kappa shape index (κ3) is 4.93. The molecule has 138 valence electrons. The van der Waals surface area contributed by atoms with Gasteiger partial charge in [-0.05, 0) is 36.1 Å². The fourth-order valence-corrected chi connectivity index (χ4v) is 4.00. The van der Waals surface area contributed by atoms with Crippen molar-refractivity contribution in [1.29, 1.82) is 0 Å². The molecule has 1 fully saturated rings. The predicted octanol–water partition coefficient (Wildman–Crippen LogP) is 2.19.